The van der Waals surface area contributed by atoms with Gasteiger partial charge in [0.2, 0.25) is 5.91 Å². The number of nitrogens with zero attached hydrogens (tertiary/aromatic N) is 1. The standard InChI is InChI=1S/C24H29N3O4S/c1-17-8-7-9-19(14-17)31-16-18(28)15-25-22(29)12-3-2-6-13-27-23(30)20-10-4-5-11-21(20)26-24(27)32/h4-5,7-11,14,18,28H,2-3,6,12-13,15-16H2,1H3,(H,25,29)(H,26,32). The van der Waals surface area contributed by atoms with E-state index in [0.29, 0.717) is 35.3 Å². The molecule has 0 bridgehead atoms. The molecule has 3 aromatic rings. The van der Waals surface area contributed by atoms with Crippen molar-refractivity contribution in [1.29, 1.82) is 0 Å². The third kappa shape index (κ3) is 6.77. The van der Waals surface area contributed by atoms with Gasteiger partial charge < -0.3 is 20.1 Å². The maximum Gasteiger partial charge on any atom is 0.262 e. The van der Waals surface area contributed by atoms with Crippen LogP contribution in [0.25, 0.3) is 10.9 Å². The second kappa shape index (κ2) is 11.6. The summed E-state index contributed by atoms with van der Waals surface area (Å²) in [6.07, 6.45) is 1.82. The van der Waals surface area contributed by atoms with Crippen LogP contribution in [-0.2, 0) is 11.3 Å². The zero-order valence-electron chi connectivity index (χ0n) is 18.2. The highest BCUT2D eigenvalue weighted by atomic mass is 32.1. The highest BCUT2D eigenvalue weighted by Crippen LogP contribution is 2.12. The second-order valence-corrected chi connectivity index (χ2v) is 8.22. The van der Waals surface area contributed by atoms with Gasteiger partial charge in [0.1, 0.15) is 18.5 Å². The van der Waals surface area contributed by atoms with E-state index in [1.165, 1.54) is 0 Å². The summed E-state index contributed by atoms with van der Waals surface area (Å²) in [5.74, 6) is 0.584. The van der Waals surface area contributed by atoms with Crippen LogP contribution in [0.5, 0.6) is 5.75 Å². The number of ether oxygens (including phenoxy) is 1. The number of para-hydroxylation sites is 1. The van der Waals surface area contributed by atoms with Gasteiger partial charge in [-0.25, -0.2) is 0 Å². The summed E-state index contributed by atoms with van der Waals surface area (Å²) in [6.45, 7) is 2.74. The van der Waals surface area contributed by atoms with Crippen molar-refractivity contribution in [1.82, 2.24) is 14.9 Å². The summed E-state index contributed by atoms with van der Waals surface area (Å²) in [5, 5.41) is 13.4. The first kappa shape index (κ1) is 23.7. The van der Waals surface area contributed by atoms with E-state index < -0.39 is 6.10 Å². The van der Waals surface area contributed by atoms with E-state index in [4.69, 9.17) is 17.0 Å². The molecule has 170 valence electrons. The molecule has 1 aromatic heterocycles. The van der Waals surface area contributed by atoms with Crippen LogP contribution in [-0.4, -0.2) is 39.8 Å². The molecule has 0 saturated heterocycles. The summed E-state index contributed by atoms with van der Waals surface area (Å²) < 4.78 is 7.52. The van der Waals surface area contributed by atoms with Crippen LogP contribution in [0.15, 0.2) is 53.3 Å². The molecule has 0 spiro atoms. The molecular weight excluding hydrogens is 426 g/mol. The zero-order valence-corrected chi connectivity index (χ0v) is 19.0. The smallest absolute Gasteiger partial charge is 0.262 e. The van der Waals surface area contributed by atoms with Crippen LogP contribution in [0, 0.1) is 11.7 Å². The fourth-order valence-electron chi connectivity index (χ4n) is 3.41. The van der Waals surface area contributed by atoms with Crippen molar-refractivity contribution in [3.63, 3.8) is 0 Å². The molecule has 32 heavy (non-hydrogen) atoms. The number of fused-ring (bicyclic) bond motifs is 1. The highest BCUT2D eigenvalue weighted by Gasteiger charge is 2.09. The number of aryl methyl sites for hydroxylation is 1. The first-order valence-electron chi connectivity index (χ1n) is 10.8. The normalized spacial score (nSPS) is 11.9. The van der Waals surface area contributed by atoms with Gasteiger partial charge in [-0.05, 0) is 61.8 Å². The molecule has 1 unspecified atom stereocenters. The number of aromatic nitrogens is 2. The van der Waals surface area contributed by atoms with E-state index in [1.807, 2.05) is 49.4 Å². The van der Waals surface area contributed by atoms with Crippen molar-refractivity contribution in [2.24, 2.45) is 0 Å². The Morgan fingerprint density at radius 1 is 1.19 bits per heavy atom. The van der Waals surface area contributed by atoms with E-state index in [9.17, 15) is 14.7 Å². The largest absolute Gasteiger partial charge is 0.491 e. The van der Waals surface area contributed by atoms with Gasteiger partial charge in [-0.3, -0.25) is 14.2 Å². The van der Waals surface area contributed by atoms with Gasteiger partial charge in [-0.1, -0.05) is 30.7 Å². The van der Waals surface area contributed by atoms with Crippen molar-refractivity contribution >= 4 is 29.0 Å². The van der Waals surface area contributed by atoms with Crippen LogP contribution in [0.1, 0.15) is 31.2 Å². The van der Waals surface area contributed by atoms with Crippen LogP contribution in [0.4, 0.5) is 0 Å². The van der Waals surface area contributed by atoms with E-state index in [-0.39, 0.29) is 24.6 Å². The number of aromatic amines is 1. The lowest BCUT2D eigenvalue weighted by Gasteiger charge is -2.13. The van der Waals surface area contributed by atoms with E-state index >= 15 is 0 Å². The number of amides is 1. The Hall–Kier alpha value is -2.97. The molecule has 0 radical (unpaired) electrons. The Morgan fingerprint density at radius 2 is 2.00 bits per heavy atom. The zero-order chi connectivity index (χ0) is 22.9. The minimum atomic E-state index is -0.777. The number of nitrogens with one attached hydrogen (secondary N) is 2. The number of benzene rings is 2. The molecule has 1 atom stereocenters. The molecule has 3 rings (SSSR count). The van der Waals surface area contributed by atoms with Crippen molar-refractivity contribution < 1.29 is 14.6 Å². The summed E-state index contributed by atoms with van der Waals surface area (Å²) in [5.41, 5.74) is 1.73. The lowest BCUT2D eigenvalue weighted by molar-refractivity contribution is -0.121. The topological polar surface area (TPSA) is 96.3 Å². The van der Waals surface area contributed by atoms with Crippen LogP contribution in [0.3, 0.4) is 0 Å². The van der Waals surface area contributed by atoms with Gasteiger partial charge in [0.05, 0.1) is 10.9 Å². The van der Waals surface area contributed by atoms with Crippen LogP contribution < -0.4 is 15.6 Å². The quantitative estimate of drug-likeness (QED) is 0.304. The average molecular weight is 456 g/mol. The molecule has 0 saturated carbocycles. The summed E-state index contributed by atoms with van der Waals surface area (Å²) in [7, 11) is 0. The first-order chi connectivity index (χ1) is 15.4. The van der Waals surface area contributed by atoms with Crippen molar-refractivity contribution in [2.45, 2.75) is 45.3 Å². The maximum absolute atomic E-state index is 12.6. The Kier molecular flexibility index (Phi) is 8.58. The van der Waals surface area contributed by atoms with Crippen LogP contribution in [0.2, 0.25) is 0 Å². The monoisotopic (exact) mass is 455 g/mol. The molecular formula is C24H29N3O4S. The number of H-pyrrole nitrogens is 1. The van der Waals surface area contributed by atoms with Crippen LogP contribution >= 0.6 is 12.2 Å². The average Bonchev–Trinajstić information content (AvgIpc) is 2.78. The number of hydrogen-bond donors (Lipinski definition) is 3. The minimum absolute atomic E-state index is 0.0936. The van der Waals surface area contributed by atoms with Gasteiger partial charge in [0, 0.05) is 19.5 Å². The maximum atomic E-state index is 12.6. The Balaban J connectivity index is 1.34. The minimum Gasteiger partial charge on any atom is -0.491 e. The van der Waals surface area contributed by atoms with Gasteiger partial charge >= 0.3 is 0 Å². The number of unbranched alkanes of at least 4 members (excludes halogenated alkanes) is 2. The lowest BCUT2D eigenvalue weighted by atomic mass is 10.2. The van der Waals surface area contributed by atoms with Crippen molar-refractivity contribution in [3.8, 4) is 5.75 Å². The van der Waals surface area contributed by atoms with Gasteiger partial charge in [-0.15, -0.1) is 0 Å². The number of carbonyl (C=O) groups excluding carboxylic acids is 1. The molecule has 1 heterocycles. The SMILES string of the molecule is Cc1cccc(OCC(O)CNC(=O)CCCCCn2c(=S)[nH]c3ccccc3c2=O)c1. The number of rotatable bonds is 11. The summed E-state index contributed by atoms with van der Waals surface area (Å²) in [4.78, 5) is 27.7. The summed E-state index contributed by atoms with van der Waals surface area (Å²) in [6, 6.07) is 14.9. The predicted molar refractivity (Wildman–Crippen MR) is 128 cm³/mol. The molecule has 0 aliphatic carbocycles. The van der Waals surface area contributed by atoms with Gasteiger partial charge in [0.15, 0.2) is 4.77 Å². The Labute approximate surface area is 192 Å². The molecule has 7 nitrogen and oxygen atoms in total. The third-order valence-corrected chi connectivity index (χ3v) is 5.46. The Morgan fingerprint density at radius 3 is 2.81 bits per heavy atom. The van der Waals surface area contributed by atoms with E-state index in [2.05, 4.69) is 10.3 Å². The fraction of sp³-hybridized carbons (Fsp3) is 0.375. The fourth-order valence-corrected chi connectivity index (χ4v) is 3.69. The van der Waals surface area contributed by atoms with Gasteiger partial charge in [-0.2, -0.15) is 0 Å². The van der Waals surface area contributed by atoms with Crippen molar-refractivity contribution in [2.75, 3.05) is 13.2 Å². The molecule has 1 amide bonds. The van der Waals surface area contributed by atoms with E-state index in [0.717, 1.165) is 23.9 Å². The van der Waals surface area contributed by atoms with Gasteiger partial charge in [0.25, 0.3) is 5.56 Å². The van der Waals surface area contributed by atoms with E-state index in [1.54, 1.807) is 10.6 Å². The molecule has 0 aliphatic rings. The number of carbonyl (C=O) groups is 1. The number of aliphatic hydroxyl groups excluding tert-OH is 1. The third-order valence-electron chi connectivity index (χ3n) is 5.14. The number of aliphatic hydroxyl groups is 1. The predicted octanol–water partition coefficient (Wildman–Crippen LogP) is 3.48. The Bertz CT molecular complexity index is 1170. The highest BCUT2D eigenvalue weighted by molar-refractivity contribution is 7.71. The van der Waals surface area contributed by atoms with Crippen molar-refractivity contribution in [3.05, 3.63) is 69.2 Å². The second-order valence-electron chi connectivity index (χ2n) is 7.83. The lowest BCUT2D eigenvalue weighted by Crippen LogP contribution is -2.35. The first-order valence-corrected chi connectivity index (χ1v) is 11.2. The molecule has 2 aromatic carbocycles. The molecule has 0 fully saturated rings. The molecule has 8 heteroatoms. The molecule has 0 aliphatic heterocycles. The number of hydrogen-bond acceptors (Lipinski definition) is 5. The molecule has 3 N–H and O–H groups in total. The summed E-state index contributed by atoms with van der Waals surface area (Å²) >= 11 is 5.31.